The molecule has 0 radical (unpaired) electrons. The molecule has 1 aromatic rings. The predicted molar refractivity (Wildman–Crippen MR) is 116 cm³/mol. The average Bonchev–Trinajstić information content (AvgIpc) is 3.41. The third-order valence-electron chi connectivity index (χ3n) is 9.85. The Morgan fingerprint density at radius 2 is 1.90 bits per heavy atom. The lowest BCUT2D eigenvalue weighted by molar-refractivity contribution is -0.160. The van der Waals surface area contributed by atoms with Gasteiger partial charge in [-0.3, -0.25) is 9.59 Å². The number of ether oxygens (including phenoxy) is 1. The number of allylic oxidation sites excluding steroid dienone is 4. The Morgan fingerprint density at radius 3 is 2.61 bits per heavy atom. The summed E-state index contributed by atoms with van der Waals surface area (Å²) in [5.41, 5.74) is 2.43. The van der Waals surface area contributed by atoms with Gasteiger partial charge in [-0.05, 0) is 75.5 Å². The Kier molecular flexibility index (Phi) is 3.94. The summed E-state index contributed by atoms with van der Waals surface area (Å²) in [4.78, 5) is 24.5. The Hall–Kier alpha value is -2.10. The lowest BCUT2D eigenvalue weighted by atomic mass is 9.48. The van der Waals surface area contributed by atoms with Crippen LogP contribution in [0.1, 0.15) is 82.7 Å². The minimum atomic E-state index is -0.306. The largest absolute Gasteiger partial charge is 0.466 e. The van der Waals surface area contributed by atoms with E-state index in [0.717, 1.165) is 50.0 Å². The molecule has 1 saturated heterocycles. The van der Waals surface area contributed by atoms with E-state index in [1.807, 2.05) is 13.0 Å². The highest BCUT2D eigenvalue weighted by Crippen LogP contribution is 2.70. The zero-order valence-corrected chi connectivity index (χ0v) is 18.8. The molecule has 5 aliphatic rings. The van der Waals surface area contributed by atoms with Gasteiger partial charge in [0.1, 0.15) is 17.1 Å². The van der Waals surface area contributed by atoms with Crippen molar-refractivity contribution in [1.29, 1.82) is 0 Å². The molecular weight excluding hydrogens is 388 g/mol. The second-order valence-corrected chi connectivity index (χ2v) is 11.1. The van der Waals surface area contributed by atoms with Crippen LogP contribution in [0.15, 0.2) is 39.8 Å². The van der Waals surface area contributed by atoms with Gasteiger partial charge >= 0.3 is 5.97 Å². The van der Waals surface area contributed by atoms with Crippen molar-refractivity contribution in [3.63, 3.8) is 0 Å². The molecule has 0 aromatic carbocycles. The first kappa shape index (κ1) is 19.6. The van der Waals surface area contributed by atoms with Gasteiger partial charge in [0, 0.05) is 29.6 Å². The molecule has 1 spiro atoms. The Labute approximate surface area is 184 Å². The third kappa shape index (κ3) is 2.48. The molecule has 2 saturated carbocycles. The fourth-order valence-corrected chi connectivity index (χ4v) is 8.08. The van der Waals surface area contributed by atoms with Crippen LogP contribution in [0.5, 0.6) is 0 Å². The maximum Gasteiger partial charge on any atom is 0.306 e. The third-order valence-corrected chi connectivity index (χ3v) is 9.85. The van der Waals surface area contributed by atoms with Crippen LogP contribution < -0.4 is 0 Å². The standard InChI is InChI=1S/C27H32O4/c1-16-4-5-22(30-16)19-15-17-14-18(28)6-10-25(17,2)20-7-11-26(3)21(24(19)20)8-12-27(26)13-9-23(29)31-27/h4-5,7,14,19,21,24H,6,8-13,15H2,1-3H3/t19-,21-,24+,25-,26-,27?/m0/s1. The van der Waals surface area contributed by atoms with Crippen LogP contribution in [0.25, 0.3) is 0 Å². The summed E-state index contributed by atoms with van der Waals surface area (Å²) in [5, 5.41) is 0. The Balaban J connectivity index is 1.50. The van der Waals surface area contributed by atoms with Crippen molar-refractivity contribution in [3.8, 4) is 0 Å². The first-order chi connectivity index (χ1) is 14.8. The number of ketones is 1. The smallest absolute Gasteiger partial charge is 0.306 e. The molecule has 1 unspecified atom stereocenters. The lowest BCUT2D eigenvalue weighted by Gasteiger charge is -2.56. The van der Waals surface area contributed by atoms with Crippen LogP contribution in [0, 0.1) is 29.6 Å². The molecular formula is C27H32O4. The van der Waals surface area contributed by atoms with E-state index >= 15 is 0 Å². The summed E-state index contributed by atoms with van der Waals surface area (Å²) >= 11 is 0. The van der Waals surface area contributed by atoms with Gasteiger partial charge in [0.25, 0.3) is 0 Å². The van der Waals surface area contributed by atoms with Crippen molar-refractivity contribution < 1.29 is 18.7 Å². The van der Waals surface area contributed by atoms with E-state index in [-0.39, 0.29) is 34.1 Å². The highest BCUT2D eigenvalue weighted by Gasteiger charge is 2.66. The summed E-state index contributed by atoms with van der Waals surface area (Å²) in [6.07, 6.45) is 11.3. The zero-order chi connectivity index (χ0) is 21.6. The van der Waals surface area contributed by atoms with Crippen molar-refractivity contribution in [3.05, 3.63) is 47.0 Å². The molecule has 0 N–H and O–H groups in total. The van der Waals surface area contributed by atoms with E-state index in [2.05, 4.69) is 32.1 Å². The summed E-state index contributed by atoms with van der Waals surface area (Å²) in [5.74, 6) is 3.29. The van der Waals surface area contributed by atoms with E-state index in [1.165, 1.54) is 11.1 Å². The van der Waals surface area contributed by atoms with Crippen LogP contribution in [0.3, 0.4) is 0 Å². The SMILES string of the molecule is Cc1ccc([C@@H]2CC3=CC(=O)CC[C@]3(C)C3=CC[C@@]4(C)[C@@H](CCC45CCC(=O)O5)[C@@H]32)o1. The molecule has 0 amide bonds. The molecule has 2 heterocycles. The topological polar surface area (TPSA) is 56.5 Å². The summed E-state index contributed by atoms with van der Waals surface area (Å²) < 4.78 is 12.3. The summed E-state index contributed by atoms with van der Waals surface area (Å²) in [7, 11) is 0. The number of hydrogen-bond acceptors (Lipinski definition) is 4. The monoisotopic (exact) mass is 420 g/mol. The van der Waals surface area contributed by atoms with Crippen molar-refractivity contribution in [1.82, 2.24) is 0 Å². The van der Waals surface area contributed by atoms with Crippen molar-refractivity contribution in [2.75, 3.05) is 0 Å². The van der Waals surface area contributed by atoms with Gasteiger partial charge in [-0.25, -0.2) is 0 Å². The number of carbonyl (C=O) groups excluding carboxylic acids is 2. The molecule has 4 aliphatic carbocycles. The van der Waals surface area contributed by atoms with Crippen molar-refractivity contribution in [2.24, 2.45) is 22.7 Å². The zero-order valence-electron chi connectivity index (χ0n) is 18.8. The van der Waals surface area contributed by atoms with Crippen LogP contribution in [-0.4, -0.2) is 17.4 Å². The number of fused-ring (bicyclic) bond motifs is 6. The molecule has 1 aromatic heterocycles. The van der Waals surface area contributed by atoms with Crippen LogP contribution >= 0.6 is 0 Å². The van der Waals surface area contributed by atoms with Gasteiger partial charge in [-0.1, -0.05) is 31.1 Å². The molecule has 1 aliphatic heterocycles. The van der Waals surface area contributed by atoms with Crippen LogP contribution in [0.2, 0.25) is 0 Å². The fraction of sp³-hybridized carbons (Fsp3) is 0.630. The lowest BCUT2D eigenvalue weighted by Crippen LogP contribution is -2.52. The minimum absolute atomic E-state index is 0.0264. The number of rotatable bonds is 1. The second-order valence-electron chi connectivity index (χ2n) is 11.1. The fourth-order valence-electron chi connectivity index (χ4n) is 8.08. The van der Waals surface area contributed by atoms with Gasteiger partial charge in [-0.15, -0.1) is 0 Å². The number of furan rings is 1. The van der Waals surface area contributed by atoms with Gasteiger partial charge < -0.3 is 9.15 Å². The first-order valence-electron chi connectivity index (χ1n) is 12.0. The number of carbonyl (C=O) groups is 2. The molecule has 164 valence electrons. The van der Waals surface area contributed by atoms with Gasteiger partial charge in [0.15, 0.2) is 5.78 Å². The predicted octanol–water partition coefficient (Wildman–Crippen LogP) is 5.81. The maximum atomic E-state index is 12.3. The molecule has 3 fully saturated rings. The summed E-state index contributed by atoms with van der Waals surface area (Å²) in [6, 6.07) is 4.20. The normalized spacial score (nSPS) is 43.8. The minimum Gasteiger partial charge on any atom is -0.466 e. The summed E-state index contributed by atoms with van der Waals surface area (Å²) in [6.45, 7) is 6.74. The Bertz CT molecular complexity index is 1040. The highest BCUT2D eigenvalue weighted by atomic mass is 16.6. The van der Waals surface area contributed by atoms with E-state index in [9.17, 15) is 9.59 Å². The number of hydrogen-bond donors (Lipinski definition) is 0. The van der Waals surface area contributed by atoms with Gasteiger partial charge in [-0.2, -0.15) is 0 Å². The molecule has 4 nitrogen and oxygen atoms in total. The van der Waals surface area contributed by atoms with Crippen LogP contribution in [0.4, 0.5) is 0 Å². The van der Waals surface area contributed by atoms with E-state index in [1.54, 1.807) is 0 Å². The average molecular weight is 421 g/mol. The van der Waals surface area contributed by atoms with Crippen molar-refractivity contribution in [2.45, 2.75) is 83.7 Å². The first-order valence-corrected chi connectivity index (χ1v) is 12.0. The number of aryl methyl sites for hydroxylation is 1. The molecule has 6 atom stereocenters. The molecule has 31 heavy (non-hydrogen) atoms. The van der Waals surface area contributed by atoms with E-state index in [0.29, 0.717) is 24.7 Å². The molecule has 4 heteroatoms. The van der Waals surface area contributed by atoms with E-state index in [4.69, 9.17) is 9.15 Å². The highest BCUT2D eigenvalue weighted by molar-refractivity contribution is 5.92. The number of esters is 1. The maximum absolute atomic E-state index is 12.3. The molecule has 6 rings (SSSR count). The van der Waals surface area contributed by atoms with Gasteiger partial charge in [0.05, 0.1) is 0 Å². The molecule has 0 bridgehead atoms. The Morgan fingerprint density at radius 1 is 1.06 bits per heavy atom. The quantitative estimate of drug-likeness (QED) is 0.425. The van der Waals surface area contributed by atoms with Crippen LogP contribution in [-0.2, 0) is 14.3 Å². The van der Waals surface area contributed by atoms with Crippen molar-refractivity contribution >= 4 is 11.8 Å². The van der Waals surface area contributed by atoms with Gasteiger partial charge in [0.2, 0.25) is 0 Å². The van der Waals surface area contributed by atoms with E-state index < -0.39 is 0 Å². The second kappa shape index (κ2) is 6.24.